The zero-order valence-electron chi connectivity index (χ0n) is 21.2. The number of primary amides is 1. The minimum absolute atomic E-state index is 0.204. The number of H-pyrrole nitrogens is 1. The van der Waals surface area contributed by atoms with Gasteiger partial charge in [0.2, 0.25) is 5.91 Å². The zero-order valence-corrected chi connectivity index (χ0v) is 22.0. The summed E-state index contributed by atoms with van der Waals surface area (Å²) in [6, 6.07) is 0.956. The van der Waals surface area contributed by atoms with Gasteiger partial charge in [0.1, 0.15) is 11.2 Å². The molecule has 2 unspecified atom stereocenters. The van der Waals surface area contributed by atoms with Gasteiger partial charge >= 0.3 is 0 Å². The van der Waals surface area contributed by atoms with Gasteiger partial charge in [0.15, 0.2) is 5.65 Å². The Labute approximate surface area is 209 Å². The number of aryl methyl sites for hydroxylation is 2. The lowest BCUT2D eigenvalue weighted by molar-refractivity contribution is -0.120. The van der Waals surface area contributed by atoms with Gasteiger partial charge in [0, 0.05) is 34.1 Å². The predicted octanol–water partition coefficient (Wildman–Crippen LogP) is 5.18. The van der Waals surface area contributed by atoms with E-state index in [0.717, 1.165) is 18.5 Å². The minimum atomic E-state index is -0.204. The number of nitrogens with two attached hydrogens (primary N) is 1. The number of rotatable bonds is 5. The quantitative estimate of drug-likeness (QED) is 0.403. The molecule has 3 atom stereocenters. The molecular weight excluding hydrogens is 456 g/mol. The van der Waals surface area contributed by atoms with Gasteiger partial charge in [-0.15, -0.1) is 11.3 Å². The molecular formula is C27H34N6OS. The summed E-state index contributed by atoms with van der Waals surface area (Å²) in [6.07, 6.45) is 8.36. The highest BCUT2D eigenvalue weighted by molar-refractivity contribution is 7.19. The van der Waals surface area contributed by atoms with E-state index in [1.807, 2.05) is 15.9 Å². The maximum Gasteiger partial charge on any atom is 0.231 e. The SMILES string of the molecule is Cc1c(-c2[nH]c3sc(C4CC5CC[C@H](C4)N5CC(N)=O)c(C)c3c2C(C)C)cn2ncnc2c1C. The van der Waals surface area contributed by atoms with Crippen molar-refractivity contribution in [2.24, 2.45) is 5.73 Å². The van der Waals surface area contributed by atoms with Crippen molar-refractivity contribution in [1.29, 1.82) is 0 Å². The van der Waals surface area contributed by atoms with E-state index in [9.17, 15) is 4.79 Å². The molecule has 184 valence electrons. The van der Waals surface area contributed by atoms with Crippen molar-refractivity contribution < 1.29 is 4.79 Å². The van der Waals surface area contributed by atoms with Crippen molar-refractivity contribution in [1.82, 2.24) is 24.5 Å². The standard InChI is InChI=1S/C27H34N6OS/c1-13(2)22-23-16(5)25(17-8-18-6-7-19(9-17)32(18)11-21(28)34)35-27(23)31-24(22)20-10-33-26(29-12-30-33)15(4)14(20)3/h10,12-13,17-19,31H,6-9,11H2,1-5H3,(H2,28,34)/t17?,18-,19?/m1/s1. The second-order valence-corrected chi connectivity index (χ2v) is 11.9. The van der Waals surface area contributed by atoms with E-state index in [2.05, 4.69) is 60.8 Å². The largest absolute Gasteiger partial charge is 0.369 e. The highest BCUT2D eigenvalue weighted by Gasteiger charge is 2.42. The third-order valence-electron chi connectivity index (χ3n) is 8.53. The van der Waals surface area contributed by atoms with E-state index in [-0.39, 0.29) is 5.91 Å². The molecule has 2 fully saturated rings. The number of amides is 1. The molecule has 3 N–H and O–H groups in total. The van der Waals surface area contributed by atoms with Crippen LogP contribution in [0.4, 0.5) is 0 Å². The van der Waals surface area contributed by atoms with Crippen LogP contribution in [0.25, 0.3) is 27.1 Å². The second kappa shape index (κ2) is 8.17. The summed E-state index contributed by atoms with van der Waals surface area (Å²) in [6.45, 7) is 11.6. The Morgan fingerprint density at radius 3 is 2.54 bits per heavy atom. The van der Waals surface area contributed by atoms with Crippen LogP contribution in [0.3, 0.4) is 0 Å². The lowest BCUT2D eigenvalue weighted by Gasteiger charge is -2.38. The van der Waals surface area contributed by atoms with E-state index >= 15 is 0 Å². The van der Waals surface area contributed by atoms with Crippen LogP contribution in [-0.2, 0) is 4.79 Å². The fraction of sp³-hybridized carbons (Fsp3) is 0.519. The smallest absolute Gasteiger partial charge is 0.231 e. The molecule has 4 aromatic rings. The maximum atomic E-state index is 11.6. The monoisotopic (exact) mass is 490 g/mol. The first-order valence-electron chi connectivity index (χ1n) is 12.7. The van der Waals surface area contributed by atoms with Crippen molar-refractivity contribution in [3.8, 4) is 11.3 Å². The Kier molecular flexibility index (Phi) is 5.30. The first kappa shape index (κ1) is 22.7. The molecule has 8 heteroatoms. The Morgan fingerprint density at radius 1 is 1.17 bits per heavy atom. The van der Waals surface area contributed by atoms with Gasteiger partial charge in [-0.2, -0.15) is 5.10 Å². The molecule has 35 heavy (non-hydrogen) atoms. The molecule has 0 saturated carbocycles. The number of hydrogen-bond acceptors (Lipinski definition) is 5. The van der Waals surface area contributed by atoms with Crippen LogP contribution in [0.2, 0.25) is 0 Å². The molecule has 0 radical (unpaired) electrons. The highest BCUT2D eigenvalue weighted by atomic mass is 32.1. The minimum Gasteiger partial charge on any atom is -0.369 e. The predicted molar refractivity (Wildman–Crippen MR) is 141 cm³/mol. The third kappa shape index (κ3) is 3.44. The van der Waals surface area contributed by atoms with Crippen LogP contribution >= 0.6 is 11.3 Å². The number of fused-ring (bicyclic) bond motifs is 4. The number of aromatic amines is 1. The Bertz CT molecular complexity index is 1450. The van der Waals surface area contributed by atoms with Gasteiger partial charge < -0.3 is 10.7 Å². The molecule has 1 amide bonds. The number of pyridine rings is 1. The number of piperidine rings is 1. The summed E-state index contributed by atoms with van der Waals surface area (Å²) in [5.74, 6) is 0.741. The van der Waals surface area contributed by atoms with Crippen LogP contribution in [0.1, 0.15) is 78.5 Å². The summed E-state index contributed by atoms with van der Waals surface area (Å²) in [7, 11) is 0. The summed E-state index contributed by atoms with van der Waals surface area (Å²) >= 11 is 1.94. The number of hydrogen-bond donors (Lipinski definition) is 2. The Balaban J connectivity index is 1.43. The summed E-state index contributed by atoms with van der Waals surface area (Å²) in [5.41, 5.74) is 14.1. The molecule has 0 spiro atoms. The fourth-order valence-electron chi connectivity index (χ4n) is 6.81. The van der Waals surface area contributed by atoms with E-state index < -0.39 is 0 Å². The van der Waals surface area contributed by atoms with Gasteiger partial charge in [0.05, 0.1) is 12.2 Å². The molecule has 0 aromatic carbocycles. The molecule has 7 nitrogen and oxygen atoms in total. The molecule has 0 aliphatic carbocycles. The van der Waals surface area contributed by atoms with Crippen LogP contribution < -0.4 is 5.73 Å². The lowest BCUT2D eigenvalue weighted by Crippen LogP contribution is -2.46. The number of carbonyl (C=O) groups is 1. The zero-order chi connectivity index (χ0) is 24.6. The number of nitrogens with zero attached hydrogens (tertiary/aromatic N) is 4. The van der Waals surface area contributed by atoms with Crippen molar-refractivity contribution in [2.45, 2.75) is 84.2 Å². The molecule has 2 aliphatic rings. The Morgan fingerprint density at radius 2 is 1.89 bits per heavy atom. The highest BCUT2D eigenvalue weighted by Crippen LogP contribution is 2.50. The van der Waals surface area contributed by atoms with E-state index in [1.54, 1.807) is 6.33 Å². The van der Waals surface area contributed by atoms with Crippen molar-refractivity contribution >= 4 is 33.1 Å². The van der Waals surface area contributed by atoms with Crippen molar-refractivity contribution in [3.63, 3.8) is 0 Å². The van der Waals surface area contributed by atoms with Crippen LogP contribution in [-0.4, -0.2) is 49.0 Å². The lowest BCUT2D eigenvalue weighted by atomic mass is 9.86. The molecule has 2 saturated heterocycles. The van der Waals surface area contributed by atoms with Gasteiger partial charge in [0.25, 0.3) is 0 Å². The van der Waals surface area contributed by atoms with E-state index in [1.165, 1.54) is 61.4 Å². The molecule has 6 rings (SSSR count). The topological polar surface area (TPSA) is 92.3 Å². The summed E-state index contributed by atoms with van der Waals surface area (Å²) in [4.78, 5) is 25.0. The number of carbonyl (C=O) groups excluding carboxylic acids is 1. The maximum absolute atomic E-state index is 11.6. The van der Waals surface area contributed by atoms with Gasteiger partial charge in [-0.1, -0.05) is 13.8 Å². The number of nitrogens with one attached hydrogen (secondary N) is 1. The average molecular weight is 491 g/mol. The molecule has 4 aromatic heterocycles. The summed E-state index contributed by atoms with van der Waals surface area (Å²) in [5, 5.41) is 5.82. The molecule has 2 bridgehead atoms. The number of thiophene rings is 1. The van der Waals surface area contributed by atoms with Crippen molar-refractivity contribution in [2.75, 3.05) is 6.54 Å². The second-order valence-electron chi connectivity index (χ2n) is 10.9. The first-order chi connectivity index (χ1) is 16.7. The first-order valence-corrected chi connectivity index (χ1v) is 13.5. The van der Waals surface area contributed by atoms with E-state index in [0.29, 0.717) is 30.5 Å². The normalized spacial score (nSPS) is 22.7. The van der Waals surface area contributed by atoms with Gasteiger partial charge in [-0.25, -0.2) is 9.50 Å². The van der Waals surface area contributed by atoms with Crippen LogP contribution in [0, 0.1) is 20.8 Å². The Hall–Kier alpha value is -2.71. The molecule has 2 aliphatic heterocycles. The van der Waals surface area contributed by atoms with Gasteiger partial charge in [-0.3, -0.25) is 9.69 Å². The van der Waals surface area contributed by atoms with Crippen LogP contribution in [0.15, 0.2) is 12.5 Å². The van der Waals surface area contributed by atoms with Crippen molar-refractivity contribution in [3.05, 3.63) is 39.7 Å². The van der Waals surface area contributed by atoms with E-state index in [4.69, 9.17) is 5.73 Å². The third-order valence-corrected chi connectivity index (χ3v) is 9.90. The number of aromatic nitrogens is 4. The van der Waals surface area contributed by atoms with Crippen LogP contribution in [0.5, 0.6) is 0 Å². The summed E-state index contributed by atoms with van der Waals surface area (Å²) < 4.78 is 1.89. The van der Waals surface area contributed by atoms with Gasteiger partial charge in [-0.05, 0) is 80.5 Å². The average Bonchev–Trinajstić information content (AvgIpc) is 3.53. The molecule has 6 heterocycles. The fourth-order valence-corrected chi connectivity index (χ4v) is 8.16.